The largest absolute Gasteiger partial charge is 0.496 e. The fourth-order valence-corrected chi connectivity index (χ4v) is 2.70. The molecule has 0 aliphatic heterocycles. The molecule has 2 rings (SSSR count). The van der Waals surface area contributed by atoms with Crippen molar-refractivity contribution in [3.05, 3.63) is 65.2 Å². The van der Waals surface area contributed by atoms with E-state index in [2.05, 4.69) is 17.4 Å². The van der Waals surface area contributed by atoms with Gasteiger partial charge in [0.15, 0.2) is 0 Å². The molecule has 0 unspecified atom stereocenters. The number of carbonyl (C=O) groups is 1. The highest BCUT2D eigenvalue weighted by atomic mass is 16.5. The van der Waals surface area contributed by atoms with Gasteiger partial charge in [-0.2, -0.15) is 0 Å². The third kappa shape index (κ3) is 6.19. The van der Waals surface area contributed by atoms with E-state index in [0.29, 0.717) is 12.2 Å². The molecular weight excluding hydrogens is 326 g/mol. The third-order valence-electron chi connectivity index (χ3n) is 4.20. The van der Waals surface area contributed by atoms with Crippen molar-refractivity contribution in [3.63, 3.8) is 0 Å². The molecule has 2 aromatic carbocycles. The number of methoxy groups -OCH3 is 1. The fourth-order valence-electron chi connectivity index (χ4n) is 2.70. The number of rotatable bonds is 9. The zero-order chi connectivity index (χ0) is 18.9. The first-order valence-corrected chi connectivity index (χ1v) is 9.13. The lowest BCUT2D eigenvalue weighted by molar-refractivity contribution is 0.0644. The average Bonchev–Trinajstić information content (AvgIpc) is 2.65. The van der Waals surface area contributed by atoms with E-state index in [-0.39, 0.29) is 18.1 Å². The van der Waals surface area contributed by atoms with Crippen molar-refractivity contribution in [1.29, 1.82) is 0 Å². The maximum Gasteiger partial charge on any atom is 0.251 e. The highest BCUT2D eigenvalue weighted by Crippen LogP contribution is 2.21. The molecule has 1 N–H and O–H groups in total. The molecule has 0 saturated carbocycles. The summed E-state index contributed by atoms with van der Waals surface area (Å²) >= 11 is 0. The Bertz CT molecular complexity index is 698. The summed E-state index contributed by atoms with van der Waals surface area (Å²) in [6.45, 7) is 6.42. The van der Waals surface area contributed by atoms with E-state index in [4.69, 9.17) is 9.47 Å². The Kier molecular flexibility index (Phi) is 7.67. The normalized spacial score (nSPS) is 12.0. The quantitative estimate of drug-likeness (QED) is 0.726. The van der Waals surface area contributed by atoms with Gasteiger partial charge in [-0.05, 0) is 57.4 Å². The molecule has 140 valence electrons. The van der Waals surface area contributed by atoms with E-state index in [1.807, 2.05) is 51.1 Å². The summed E-state index contributed by atoms with van der Waals surface area (Å²) < 4.78 is 11.0. The summed E-state index contributed by atoms with van der Waals surface area (Å²) in [6.07, 6.45) is 1.96. The highest BCUT2D eigenvalue weighted by molar-refractivity contribution is 5.94. The second kappa shape index (κ2) is 9.97. The molecular formula is C22H29NO3. The van der Waals surface area contributed by atoms with Crippen LogP contribution in [0.25, 0.3) is 0 Å². The van der Waals surface area contributed by atoms with Gasteiger partial charge in [-0.15, -0.1) is 0 Å². The minimum absolute atomic E-state index is 0.0704. The highest BCUT2D eigenvalue weighted by Gasteiger charge is 2.13. The van der Waals surface area contributed by atoms with Crippen LogP contribution in [-0.4, -0.2) is 25.2 Å². The molecule has 0 aliphatic rings. The smallest absolute Gasteiger partial charge is 0.251 e. The summed E-state index contributed by atoms with van der Waals surface area (Å²) in [7, 11) is 1.62. The SMILES string of the molecule is COc1ccc(C(=O)N[C@@H](C)CCc2ccccc2)cc1COC(C)C. The monoisotopic (exact) mass is 355 g/mol. The Balaban J connectivity index is 1.96. The number of amides is 1. The number of ether oxygens (including phenoxy) is 2. The molecule has 0 spiro atoms. The van der Waals surface area contributed by atoms with Crippen LogP contribution in [-0.2, 0) is 17.8 Å². The Morgan fingerprint density at radius 2 is 1.81 bits per heavy atom. The van der Waals surface area contributed by atoms with Gasteiger partial charge in [0.1, 0.15) is 5.75 Å². The van der Waals surface area contributed by atoms with Crippen LogP contribution in [0.3, 0.4) is 0 Å². The average molecular weight is 355 g/mol. The van der Waals surface area contributed by atoms with E-state index < -0.39 is 0 Å². The second-order valence-electron chi connectivity index (χ2n) is 6.79. The van der Waals surface area contributed by atoms with Gasteiger partial charge in [0, 0.05) is 17.2 Å². The fraction of sp³-hybridized carbons (Fsp3) is 0.409. The maximum absolute atomic E-state index is 12.6. The van der Waals surface area contributed by atoms with Gasteiger partial charge in [0.25, 0.3) is 5.91 Å². The lowest BCUT2D eigenvalue weighted by atomic mass is 10.1. The Hall–Kier alpha value is -2.33. The van der Waals surface area contributed by atoms with Crippen LogP contribution < -0.4 is 10.1 Å². The first-order chi connectivity index (χ1) is 12.5. The minimum atomic E-state index is -0.0704. The summed E-state index contributed by atoms with van der Waals surface area (Å²) in [5.41, 5.74) is 2.79. The van der Waals surface area contributed by atoms with Crippen LogP contribution in [0.2, 0.25) is 0 Å². The number of nitrogens with one attached hydrogen (secondary N) is 1. The van der Waals surface area contributed by atoms with Crippen molar-refractivity contribution >= 4 is 5.91 Å². The molecule has 4 nitrogen and oxygen atoms in total. The second-order valence-corrected chi connectivity index (χ2v) is 6.79. The van der Waals surface area contributed by atoms with Gasteiger partial charge in [-0.25, -0.2) is 0 Å². The summed E-state index contributed by atoms with van der Waals surface area (Å²) in [5, 5.41) is 3.08. The van der Waals surface area contributed by atoms with E-state index in [9.17, 15) is 4.79 Å². The lowest BCUT2D eigenvalue weighted by Gasteiger charge is -2.16. The van der Waals surface area contributed by atoms with Crippen molar-refractivity contribution in [2.75, 3.05) is 7.11 Å². The molecule has 0 bridgehead atoms. The molecule has 1 amide bonds. The van der Waals surface area contributed by atoms with Crippen LogP contribution >= 0.6 is 0 Å². The molecule has 4 heteroatoms. The minimum Gasteiger partial charge on any atom is -0.496 e. The van der Waals surface area contributed by atoms with Gasteiger partial charge in [-0.3, -0.25) is 4.79 Å². The van der Waals surface area contributed by atoms with Crippen LogP contribution in [0, 0.1) is 0 Å². The van der Waals surface area contributed by atoms with Gasteiger partial charge >= 0.3 is 0 Å². The van der Waals surface area contributed by atoms with Gasteiger partial charge in [0.05, 0.1) is 19.8 Å². The molecule has 2 aromatic rings. The van der Waals surface area contributed by atoms with Crippen LogP contribution in [0.1, 0.15) is 48.7 Å². The zero-order valence-electron chi connectivity index (χ0n) is 16.1. The molecule has 0 aliphatic carbocycles. The van der Waals surface area contributed by atoms with E-state index >= 15 is 0 Å². The van der Waals surface area contributed by atoms with E-state index in [0.717, 1.165) is 24.2 Å². The standard InChI is InChI=1S/C22H29NO3/c1-16(2)26-15-20-14-19(12-13-21(20)25-4)22(24)23-17(3)10-11-18-8-6-5-7-9-18/h5-9,12-14,16-17H,10-11,15H2,1-4H3,(H,23,24)/t17-/m0/s1. The van der Waals surface area contributed by atoms with Crippen molar-refractivity contribution in [2.45, 2.75) is 52.4 Å². The maximum atomic E-state index is 12.6. The van der Waals surface area contributed by atoms with Crippen LogP contribution in [0.5, 0.6) is 5.75 Å². The van der Waals surface area contributed by atoms with Gasteiger partial charge in [-0.1, -0.05) is 30.3 Å². The van der Waals surface area contributed by atoms with E-state index in [1.54, 1.807) is 13.2 Å². The summed E-state index contributed by atoms with van der Waals surface area (Å²) in [4.78, 5) is 12.6. The van der Waals surface area contributed by atoms with Crippen molar-refractivity contribution in [2.24, 2.45) is 0 Å². The van der Waals surface area contributed by atoms with Crippen molar-refractivity contribution in [3.8, 4) is 5.75 Å². The number of hydrogen-bond donors (Lipinski definition) is 1. The van der Waals surface area contributed by atoms with Gasteiger partial charge in [0.2, 0.25) is 0 Å². The summed E-state index contributed by atoms with van der Waals surface area (Å²) in [5.74, 6) is 0.665. The lowest BCUT2D eigenvalue weighted by Crippen LogP contribution is -2.33. The molecule has 0 heterocycles. The van der Waals surface area contributed by atoms with Crippen molar-refractivity contribution < 1.29 is 14.3 Å². The van der Waals surface area contributed by atoms with E-state index in [1.165, 1.54) is 5.56 Å². The molecule has 0 radical (unpaired) electrons. The molecule has 1 atom stereocenters. The number of hydrogen-bond acceptors (Lipinski definition) is 3. The molecule has 0 fully saturated rings. The zero-order valence-corrected chi connectivity index (χ0v) is 16.1. The molecule has 0 saturated heterocycles. The predicted molar refractivity (Wildman–Crippen MR) is 105 cm³/mol. The van der Waals surface area contributed by atoms with Crippen LogP contribution in [0.15, 0.2) is 48.5 Å². The number of aryl methyl sites for hydroxylation is 1. The number of carbonyl (C=O) groups excluding carboxylic acids is 1. The van der Waals surface area contributed by atoms with Crippen LogP contribution in [0.4, 0.5) is 0 Å². The topological polar surface area (TPSA) is 47.6 Å². The first-order valence-electron chi connectivity index (χ1n) is 9.13. The Morgan fingerprint density at radius 1 is 1.08 bits per heavy atom. The third-order valence-corrected chi connectivity index (χ3v) is 4.20. The predicted octanol–water partition coefficient (Wildman–Crippen LogP) is 4.37. The molecule has 26 heavy (non-hydrogen) atoms. The first kappa shape index (κ1) is 20.0. The van der Waals surface area contributed by atoms with Gasteiger partial charge < -0.3 is 14.8 Å². The Labute approximate surface area is 156 Å². The van der Waals surface area contributed by atoms with Crippen molar-refractivity contribution in [1.82, 2.24) is 5.32 Å². The Morgan fingerprint density at radius 3 is 2.46 bits per heavy atom. The molecule has 0 aromatic heterocycles. The number of benzene rings is 2. The summed E-state index contributed by atoms with van der Waals surface area (Å²) in [6, 6.07) is 15.9.